The molecule has 0 N–H and O–H groups in total. The molecule has 1 aliphatic rings. The molecular formula is C18H16O4. The standard InChI is InChI=1S/C18H16O4/c1-11(19)22-16-6-4-5-13-9-14(18(13)16)12-7-8-15(20-2)17(10-12)21-3/h4-8,10,14H,1-3H3. The van der Waals surface area contributed by atoms with Gasteiger partial charge in [-0.15, -0.1) is 0 Å². The van der Waals surface area contributed by atoms with Crippen LogP contribution in [0.4, 0.5) is 0 Å². The van der Waals surface area contributed by atoms with Crippen LogP contribution in [-0.2, 0) is 4.79 Å². The summed E-state index contributed by atoms with van der Waals surface area (Å²) in [6, 6.07) is 11.4. The van der Waals surface area contributed by atoms with Crippen molar-refractivity contribution in [1.29, 1.82) is 0 Å². The maximum Gasteiger partial charge on any atom is 0.308 e. The van der Waals surface area contributed by atoms with E-state index in [4.69, 9.17) is 14.2 Å². The minimum atomic E-state index is -0.327. The average Bonchev–Trinajstić information content (AvgIpc) is 2.48. The predicted molar refractivity (Wildman–Crippen MR) is 81.5 cm³/mol. The van der Waals surface area contributed by atoms with E-state index in [9.17, 15) is 4.79 Å². The number of ether oxygens (including phenoxy) is 3. The molecule has 0 amide bonds. The van der Waals surface area contributed by atoms with Crippen molar-refractivity contribution >= 4 is 5.97 Å². The molecule has 112 valence electrons. The van der Waals surface area contributed by atoms with Crippen LogP contribution in [0.1, 0.15) is 29.5 Å². The van der Waals surface area contributed by atoms with E-state index < -0.39 is 0 Å². The number of esters is 1. The second kappa shape index (κ2) is 5.72. The van der Waals surface area contributed by atoms with E-state index in [1.165, 1.54) is 6.92 Å². The van der Waals surface area contributed by atoms with Gasteiger partial charge in [0.15, 0.2) is 11.5 Å². The summed E-state index contributed by atoms with van der Waals surface area (Å²) in [5.74, 6) is 1.57. The highest BCUT2D eigenvalue weighted by atomic mass is 16.5. The van der Waals surface area contributed by atoms with Crippen LogP contribution in [0, 0.1) is 6.42 Å². The van der Waals surface area contributed by atoms with Gasteiger partial charge in [-0.2, -0.15) is 0 Å². The van der Waals surface area contributed by atoms with Crippen LogP contribution in [0.15, 0.2) is 36.4 Å². The Balaban J connectivity index is 1.97. The third-order valence-corrected chi connectivity index (χ3v) is 3.65. The SMILES string of the molecule is COc1ccc(C2[C]c3cccc(OC(C)=O)c32)cc1OC. The van der Waals surface area contributed by atoms with Crippen molar-refractivity contribution in [2.24, 2.45) is 0 Å². The molecule has 0 saturated carbocycles. The van der Waals surface area contributed by atoms with Crippen LogP contribution in [-0.4, -0.2) is 20.2 Å². The topological polar surface area (TPSA) is 44.8 Å². The van der Waals surface area contributed by atoms with Gasteiger partial charge in [-0.25, -0.2) is 0 Å². The molecule has 4 nitrogen and oxygen atoms in total. The van der Waals surface area contributed by atoms with Crippen LogP contribution in [0.2, 0.25) is 0 Å². The fourth-order valence-electron chi connectivity index (χ4n) is 2.64. The zero-order valence-electron chi connectivity index (χ0n) is 12.7. The zero-order chi connectivity index (χ0) is 15.7. The molecule has 1 atom stereocenters. The first kappa shape index (κ1) is 14.4. The normalized spacial score (nSPS) is 15.5. The van der Waals surface area contributed by atoms with Crippen LogP contribution in [0.3, 0.4) is 0 Å². The van der Waals surface area contributed by atoms with Gasteiger partial charge < -0.3 is 14.2 Å². The highest BCUT2D eigenvalue weighted by Gasteiger charge is 2.33. The fraction of sp³-hybridized carbons (Fsp3) is 0.222. The lowest BCUT2D eigenvalue weighted by Gasteiger charge is -2.31. The summed E-state index contributed by atoms with van der Waals surface area (Å²) >= 11 is 0. The summed E-state index contributed by atoms with van der Waals surface area (Å²) in [5.41, 5.74) is 2.97. The molecule has 1 unspecified atom stereocenters. The molecule has 0 bridgehead atoms. The van der Waals surface area contributed by atoms with Gasteiger partial charge in [0.25, 0.3) is 0 Å². The third-order valence-electron chi connectivity index (χ3n) is 3.65. The lowest BCUT2D eigenvalue weighted by atomic mass is 9.73. The summed E-state index contributed by atoms with van der Waals surface area (Å²) in [5, 5.41) is 0. The first-order valence-electron chi connectivity index (χ1n) is 6.94. The number of fused-ring (bicyclic) bond motifs is 1. The Morgan fingerprint density at radius 3 is 2.50 bits per heavy atom. The van der Waals surface area contributed by atoms with Crippen molar-refractivity contribution in [3.8, 4) is 17.2 Å². The molecule has 2 aromatic carbocycles. The van der Waals surface area contributed by atoms with E-state index in [1.54, 1.807) is 20.3 Å². The molecule has 0 aliphatic heterocycles. The van der Waals surface area contributed by atoms with Crippen LogP contribution >= 0.6 is 0 Å². The number of rotatable bonds is 4. The number of carbonyl (C=O) groups excluding carboxylic acids is 1. The Morgan fingerprint density at radius 2 is 1.82 bits per heavy atom. The zero-order valence-corrected chi connectivity index (χ0v) is 12.7. The lowest BCUT2D eigenvalue weighted by molar-refractivity contribution is -0.131. The summed E-state index contributed by atoms with van der Waals surface area (Å²) in [6.45, 7) is 1.40. The average molecular weight is 296 g/mol. The molecule has 0 spiro atoms. The van der Waals surface area contributed by atoms with Gasteiger partial charge in [-0.05, 0) is 29.3 Å². The Hall–Kier alpha value is -2.49. The van der Waals surface area contributed by atoms with E-state index >= 15 is 0 Å². The van der Waals surface area contributed by atoms with Crippen molar-refractivity contribution < 1.29 is 19.0 Å². The largest absolute Gasteiger partial charge is 0.493 e. The van der Waals surface area contributed by atoms with Crippen molar-refractivity contribution in [2.45, 2.75) is 12.8 Å². The lowest BCUT2D eigenvalue weighted by Crippen LogP contribution is -2.19. The fourth-order valence-corrected chi connectivity index (χ4v) is 2.64. The number of benzene rings is 2. The first-order chi connectivity index (χ1) is 10.6. The van der Waals surface area contributed by atoms with Gasteiger partial charge in [0.2, 0.25) is 0 Å². The van der Waals surface area contributed by atoms with E-state index in [2.05, 4.69) is 6.42 Å². The number of carbonyl (C=O) groups is 1. The van der Waals surface area contributed by atoms with Gasteiger partial charge in [0.1, 0.15) is 5.75 Å². The van der Waals surface area contributed by atoms with E-state index in [0.29, 0.717) is 17.2 Å². The number of hydrogen-bond acceptors (Lipinski definition) is 4. The quantitative estimate of drug-likeness (QED) is 0.642. The summed E-state index contributed by atoms with van der Waals surface area (Å²) < 4.78 is 15.9. The molecule has 0 aromatic heterocycles. The predicted octanol–water partition coefficient (Wildman–Crippen LogP) is 3.20. The monoisotopic (exact) mass is 296 g/mol. The number of hydrogen-bond donors (Lipinski definition) is 0. The maximum absolute atomic E-state index is 11.2. The van der Waals surface area contributed by atoms with Crippen molar-refractivity contribution in [1.82, 2.24) is 0 Å². The second-order valence-corrected chi connectivity index (χ2v) is 5.00. The van der Waals surface area contributed by atoms with E-state index in [-0.39, 0.29) is 11.9 Å². The Bertz CT molecular complexity index is 721. The molecule has 0 saturated heterocycles. The molecule has 4 heteroatoms. The smallest absolute Gasteiger partial charge is 0.308 e. The van der Waals surface area contributed by atoms with Crippen molar-refractivity contribution in [3.05, 3.63) is 59.5 Å². The molecule has 3 rings (SSSR count). The minimum absolute atomic E-state index is 0.0367. The van der Waals surface area contributed by atoms with Crippen molar-refractivity contribution in [2.75, 3.05) is 14.2 Å². The first-order valence-corrected chi connectivity index (χ1v) is 6.94. The molecule has 2 radical (unpaired) electrons. The van der Waals surface area contributed by atoms with E-state index in [1.807, 2.05) is 30.3 Å². The molecule has 1 aliphatic carbocycles. The summed E-state index contributed by atoms with van der Waals surface area (Å²) in [6.07, 6.45) is 3.35. The number of methoxy groups -OCH3 is 2. The van der Waals surface area contributed by atoms with Crippen LogP contribution in [0.5, 0.6) is 17.2 Å². The molecule has 0 fully saturated rings. The Labute approximate surface area is 129 Å². The molecule has 2 aromatic rings. The Kier molecular flexibility index (Phi) is 3.75. The van der Waals surface area contributed by atoms with E-state index in [0.717, 1.165) is 16.7 Å². The van der Waals surface area contributed by atoms with Gasteiger partial charge in [0, 0.05) is 24.8 Å². The maximum atomic E-state index is 11.2. The van der Waals surface area contributed by atoms with Gasteiger partial charge in [0.05, 0.1) is 14.2 Å². The summed E-state index contributed by atoms with van der Waals surface area (Å²) in [7, 11) is 3.21. The molecule has 0 heterocycles. The van der Waals surface area contributed by atoms with Crippen LogP contribution in [0.25, 0.3) is 0 Å². The van der Waals surface area contributed by atoms with Gasteiger partial charge >= 0.3 is 5.97 Å². The van der Waals surface area contributed by atoms with Crippen molar-refractivity contribution in [3.63, 3.8) is 0 Å². The minimum Gasteiger partial charge on any atom is -0.493 e. The summed E-state index contributed by atoms with van der Waals surface area (Å²) in [4.78, 5) is 11.2. The Morgan fingerprint density at radius 1 is 1.05 bits per heavy atom. The van der Waals surface area contributed by atoms with Gasteiger partial charge in [-0.3, -0.25) is 4.79 Å². The highest BCUT2D eigenvalue weighted by molar-refractivity contribution is 5.72. The second-order valence-electron chi connectivity index (χ2n) is 5.00. The molecular weight excluding hydrogens is 280 g/mol. The molecule has 22 heavy (non-hydrogen) atoms. The van der Waals surface area contributed by atoms with Gasteiger partial charge in [-0.1, -0.05) is 18.2 Å². The highest BCUT2D eigenvalue weighted by Crippen LogP contribution is 2.48. The van der Waals surface area contributed by atoms with Crippen LogP contribution < -0.4 is 14.2 Å². The third kappa shape index (κ3) is 2.41.